The quantitative estimate of drug-likeness (QED) is 0.689. The van der Waals surface area contributed by atoms with Crippen LogP contribution in [0.4, 0.5) is 0 Å². The number of nitrogens with zero attached hydrogens (tertiary/aromatic N) is 1. The molecule has 0 aliphatic heterocycles. The number of oxazole rings is 1. The Morgan fingerprint density at radius 2 is 1.43 bits per heavy atom. The Kier molecular flexibility index (Phi) is 2.86. The summed E-state index contributed by atoms with van der Waals surface area (Å²) in [6.07, 6.45) is 0. The molecule has 0 bridgehead atoms. The number of ketones is 2. The summed E-state index contributed by atoms with van der Waals surface area (Å²) >= 11 is 6.13. The van der Waals surface area contributed by atoms with Gasteiger partial charge in [0.15, 0.2) is 5.58 Å². The Hall–Kier alpha value is -2.92. The fourth-order valence-electron chi connectivity index (χ4n) is 2.71. The highest BCUT2D eigenvalue weighted by Crippen LogP contribution is 2.32. The van der Waals surface area contributed by atoms with E-state index in [0.717, 1.165) is 4.57 Å². The van der Waals surface area contributed by atoms with Gasteiger partial charge in [-0.1, -0.05) is 48.0 Å². The predicted molar refractivity (Wildman–Crippen MR) is 84.6 cm³/mol. The number of benzene rings is 2. The molecule has 0 N–H and O–H groups in total. The molecule has 1 aromatic heterocycles. The summed E-state index contributed by atoms with van der Waals surface area (Å²) in [5.74, 6) is -1.74. The molecule has 0 amide bonds. The van der Waals surface area contributed by atoms with Crippen LogP contribution in [-0.2, 0) is 0 Å². The highest BCUT2D eigenvalue weighted by Gasteiger charge is 2.34. The molecule has 0 saturated heterocycles. The minimum Gasteiger partial charge on any atom is -0.407 e. The maximum absolute atomic E-state index is 12.8. The minimum atomic E-state index is -0.764. The number of halogens is 1. The molecule has 0 atom stereocenters. The lowest BCUT2D eigenvalue weighted by atomic mass is 9.92. The molecule has 5 nitrogen and oxygen atoms in total. The summed E-state index contributed by atoms with van der Waals surface area (Å²) in [4.78, 5) is 37.4. The first kappa shape index (κ1) is 13.7. The molecule has 3 aromatic rings. The third-order valence-electron chi connectivity index (χ3n) is 3.75. The maximum Gasteiger partial charge on any atom is 0.424 e. The van der Waals surface area contributed by atoms with Gasteiger partial charge in [0.1, 0.15) is 10.7 Å². The van der Waals surface area contributed by atoms with Gasteiger partial charge in [-0.25, -0.2) is 9.36 Å². The molecule has 112 valence electrons. The lowest BCUT2D eigenvalue weighted by Gasteiger charge is -2.17. The van der Waals surface area contributed by atoms with Crippen molar-refractivity contribution in [2.75, 3.05) is 0 Å². The maximum atomic E-state index is 12.8. The van der Waals surface area contributed by atoms with Gasteiger partial charge in [0.2, 0.25) is 11.6 Å². The van der Waals surface area contributed by atoms with Crippen LogP contribution in [0.3, 0.4) is 0 Å². The third kappa shape index (κ3) is 1.83. The van der Waals surface area contributed by atoms with Crippen LogP contribution in [0.15, 0.2) is 62.8 Å². The van der Waals surface area contributed by atoms with Crippen molar-refractivity contribution in [3.05, 3.63) is 75.2 Å². The number of para-hydroxylation sites is 2. The smallest absolute Gasteiger partial charge is 0.407 e. The predicted octanol–water partition coefficient (Wildman–Crippen LogP) is 3.08. The number of Topliss-reactive ketones (excluding diaryl/α,β-unsaturated/α-hetero) is 2. The first-order valence-electron chi connectivity index (χ1n) is 6.79. The van der Waals surface area contributed by atoms with E-state index < -0.39 is 17.3 Å². The topological polar surface area (TPSA) is 69.3 Å². The van der Waals surface area contributed by atoms with Crippen molar-refractivity contribution in [3.63, 3.8) is 0 Å². The largest absolute Gasteiger partial charge is 0.424 e. The molecule has 23 heavy (non-hydrogen) atoms. The van der Waals surface area contributed by atoms with E-state index >= 15 is 0 Å². The Labute approximate surface area is 134 Å². The minimum absolute atomic E-state index is 0.176. The zero-order valence-electron chi connectivity index (χ0n) is 11.6. The average Bonchev–Trinajstić information content (AvgIpc) is 2.89. The van der Waals surface area contributed by atoms with E-state index in [0.29, 0.717) is 11.1 Å². The number of hydrogen-bond donors (Lipinski definition) is 0. The van der Waals surface area contributed by atoms with E-state index in [-0.39, 0.29) is 21.9 Å². The van der Waals surface area contributed by atoms with Crippen LogP contribution >= 0.6 is 11.6 Å². The highest BCUT2D eigenvalue weighted by atomic mass is 35.5. The van der Waals surface area contributed by atoms with E-state index in [9.17, 15) is 14.4 Å². The lowest BCUT2D eigenvalue weighted by Crippen LogP contribution is -2.26. The summed E-state index contributed by atoms with van der Waals surface area (Å²) in [6, 6.07) is 13.0. The Morgan fingerprint density at radius 1 is 0.826 bits per heavy atom. The molecule has 0 radical (unpaired) electrons. The van der Waals surface area contributed by atoms with Gasteiger partial charge in [-0.05, 0) is 12.1 Å². The van der Waals surface area contributed by atoms with Gasteiger partial charge in [0, 0.05) is 11.1 Å². The zero-order valence-corrected chi connectivity index (χ0v) is 12.3. The van der Waals surface area contributed by atoms with Crippen molar-refractivity contribution in [2.24, 2.45) is 0 Å². The molecule has 1 aliphatic rings. The fraction of sp³-hybridized carbons (Fsp3) is 0. The van der Waals surface area contributed by atoms with Crippen molar-refractivity contribution < 1.29 is 14.0 Å². The molecule has 0 fully saturated rings. The summed E-state index contributed by atoms with van der Waals surface area (Å²) < 4.78 is 6.17. The molecule has 4 rings (SSSR count). The number of fused-ring (bicyclic) bond motifs is 2. The molecule has 1 aliphatic carbocycles. The molecule has 6 heteroatoms. The van der Waals surface area contributed by atoms with E-state index in [1.165, 1.54) is 12.1 Å². The first-order valence-corrected chi connectivity index (χ1v) is 7.16. The van der Waals surface area contributed by atoms with Crippen molar-refractivity contribution in [3.8, 4) is 0 Å². The molecular formula is C17H8ClNO4. The van der Waals surface area contributed by atoms with Crippen LogP contribution in [0, 0.1) is 0 Å². The van der Waals surface area contributed by atoms with Crippen LogP contribution in [0.5, 0.6) is 0 Å². The van der Waals surface area contributed by atoms with Crippen molar-refractivity contribution in [1.82, 2.24) is 4.57 Å². The lowest BCUT2D eigenvalue weighted by molar-refractivity contribution is 0.0994. The van der Waals surface area contributed by atoms with E-state index in [4.69, 9.17) is 16.0 Å². The van der Waals surface area contributed by atoms with Crippen LogP contribution in [0.1, 0.15) is 20.7 Å². The number of carbonyl (C=O) groups excluding carboxylic acids is 2. The molecular weight excluding hydrogens is 318 g/mol. The molecule has 0 spiro atoms. The van der Waals surface area contributed by atoms with Crippen molar-refractivity contribution in [2.45, 2.75) is 0 Å². The third-order valence-corrected chi connectivity index (χ3v) is 4.10. The molecule has 0 unspecified atom stereocenters. The van der Waals surface area contributed by atoms with E-state index in [1.807, 2.05) is 0 Å². The van der Waals surface area contributed by atoms with Gasteiger partial charge in [0.25, 0.3) is 0 Å². The molecule has 2 aromatic carbocycles. The van der Waals surface area contributed by atoms with E-state index in [1.54, 1.807) is 36.4 Å². The summed E-state index contributed by atoms with van der Waals surface area (Å²) in [5, 5.41) is -0.289. The SMILES string of the molecule is O=C1C(Cl)=C(n2c(=O)oc3ccccc32)C(=O)c2ccccc21. The second kappa shape index (κ2) is 4.79. The van der Waals surface area contributed by atoms with Gasteiger partial charge in [-0.3, -0.25) is 9.59 Å². The highest BCUT2D eigenvalue weighted by molar-refractivity contribution is 6.55. The zero-order chi connectivity index (χ0) is 16.1. The summed E-state index contributed by atoms with van der Waals surface area (Å²) in [7, 11) is 0. The number of carbonyl (C=O) groups is 2. The van der Waals surface area contributed by atoms with Crippen LogP contribution in [0.2, 0.25) is 0 Å². The van der Waals surface area contributed by atoms with Gasteiger partial charge in [-0.15, -0.1) is 0 Å². The molecule has 1 heterocycles. The summed E-state index contributed by atoms with van der Waals surface area (Å²) in [6.45, 7) is 0. The van der Waals surface area contributed by atoms with Crippen LogP contribution < -0.4 is 5.76 Å². The van der Waals surface area contributed by atoms with Gasteiger partial charge >= 0.3 is 5.76 Å². The number of rotatable bonds is 1. The van der Waals surface area contributed by atoms with Crippen molar-refractivity contribution in [1.29, 1.82) is 0 Å². The monoisotopic (exact) mass is 325 g/mol. The average molecular weight is 326 g/mol. The van der Waals surface area contributed by atoms with Crippen LogP contribution in [0.25, 0.3) is 16.8 Å². The van der Waals surface area contributed by atoms with E-state index in [2.05, 4.69) is 0 Å². The summed E-state index contributed by atoms with van der Waals surface area (Å²) in [5.41, 5.74) is 0.964. The first-order chi connectivity index (χ1) is 11.1. The Bertz CT molecular complexity index is 1090. The Morgan fingerprint density at radius 3 is 2.17 bits per heavy atom. The fourth-order valence-corrected chi connectivity index (χ4v) is 2.98. The standard InChI is InChI=1S/C17H8ClNO4/c18-13-14(16(21)10-6-2-1-5-9(10)15(13)20)19-11-7-3-4-8-12(11)23-17(19)22/h1-8H. The van der Waals surface area contributed by atoms with Gasteiger partial charge in [-0.2, -0.15) is 0 Å². The normalized spacial score (nSPS) is 14.5. The Balaban J connectivity index is 2.07. The number of allylic oxidation sites excluding steroid dienone is 2. The second-order valence-electron chi connectivity index (χ2n) is 5.04. The number of hydrogen-bond acceptors (Lipinski definition) is 4. The second-order valence-corrected chi connectivity index (χ2v) is 5.42. The van der Waals surface area contributed by atoms with Gasteiger partial charge in [0.05, 0.1) is 5.52 Å². The van der Waals surface area contributed by atoms with Crippen LogP contribution in [-0.4, -0.2) is 16.1 Å². The molecule has 0 saturated carbocycles. The van der Waals surface area contributed by atoms with Crippen molar-refractivity contribution >= 4 is 40.0 Å². The van der Waals surface area contributed by atoms with Gasteiger partial charge < -0.3 is 4.42 Å². The number of aromatic nitrogens is 1.